The minimum absolute atomic E-state index is 0.00700. The first-order chi connectivity index (χ1) is 15.4. The number of benzene rings is 1. The molecule has 4 heterocycles. The van der Waals surface area contributed by atoms with E-state index in [0.29, 0.717) is 41.5 Å². The van der Waals surface area contributed by atoms with Crippen molar-refractivity contribution in [2.75, 3.05) is 13.2 Å². The Morgan fingerprint density at radius 2 is 2.09 bits per heavy atom. The first-order valence-corrected chi connectivity index (χ1v) is 10.4. The fourth-order valence-electron chi connectivity index (χ4n) is 3.41. The molecule has 0 bridgehead atoms. The van der Waals surface area contributed by atoms with Crippen LogP contribution in [0.3, 0.4) is 0 Å². The molecule has 0 saturated carbocycles. The molecule has 11 heteroatoms. The summed E-state index contributed by atoms with van der Waals surface area (Å²) in [4.78, 5) is 8.88. The van der Waals surface area contributed by atoms with Crippen molar-refractivity contribution in [2.45, 2.75) is 19.5 Å². The molecule has 5 rings (SSSR count). The summed E-state index contributed by atoms with van der Waals surface area (Å²) in [7, 11) is 0. The topological polar surface area (TPSA) is 90.8 Å². The van der Waals surface area contributed by atoms with Crippen molar-refractivity contribution < 1.29 is 18.3 Å². The van der Waals surface area contributed by atoms with Gasteiger partial charge < -0.3 is 9.47 Å². The quantitative estimate of drug-likeness (QED) is 0.406. The van der Waals surface area contributed by atoms with Crippen LogP contribution in [-0.4, -0.2) is 43.6 Å². The highest BCUT2D eigenvalue weighted by Gasteiger charge is 2.23. The maximum atomic E-state index is 13.7. The number of hydrogen-bond donors (Lipinski definition) is 0. The lowest BCUT2D eigenvalue weighted by molar-refractivity contribution is -0.0799. The fourth-order valence-corrected chi connectivity index (χ4v) is 3.84. The summed E-state index contributed by atoms with van der Waals surface area (Å²) in [5.41, 5.74) is 1.73. The molecule has 3 aromatic heterocycles. The predicted octanol–water partition coefficient (Wildman–Crippen LogP) is 4.26. The Morgan fingerprint density at radius 3 is 2.75 bits per heavy atom. The molecular formula is C21H15BrF2N6O2. The van der Waals surface area contributed by atoms with Crippen LogP contribution in [0.15, 0.2) is 41.1 Å². The van der Waals surface area contributed by atoms with Crippen LogP contribution in [0.5, 0.6) is 5.75 Å². The number of halogens is 3. The molecule has 0 atom stereocenters. The molecule has 4 aromatic rings. The number of ether oxygens (including phenoxy) is 2. The van der Waals surface area contributed by atoms with E-state index in [-0.39, 0.29) is 23.2 Å². The second kappa shape index (κ2) is 7.96. The number of nitrogens with zero attached hydrogens (tertiary/aromatic N) is 6. The number of hydrogen-bond acceptors (Lipinski definition) is 6. The SMILES string of the molecule is Cc1cc(C#N)nn1-c1nc(-n2cnc3cc(OC4COC4)c(Br)cc32)ccc1C(F)F. The molecule has 0 amide bonds. The molecule has 162 valence electrons. The number of pyridine rings is 1. The van der Waals surface area contributed by atoms with E-state index >= 15 is 0 Å². The average molecular weight is 501 g/mol. The van der Waals surface area contributed by atoms with Gasteiger partial charge in [0.1, 0.15) is 30.1 Å². The van der Waals surface area contributed by atoms with Gasteiger partial charge in [-0.2, -0.15) is 10.4 Å². The largest absolute Gasteiger partial charge is 0.484 e. The van der Waals surface area contributed by atoms with Gasteiger partial charge in [-0.15, -0.1) is 0 Å². The second-order valence-electron chi connectivity index (χ2n) is 7.24. The highest BCUT2D eigenvalue weighted by Crippen LogP contribution is 2.33. The molecule has 0 spiro atoms. The molecular weight excluding hydrogens is 486 g/mol. The lowest BCUT2D eigenvalue weighted by atomic mass is 10.2. The van der Waals surface area contributed by atoms with Gasteiger partial charge in [0.25, 0.3) is 6.43 Å². The van der Waals surface area contributed by atoms with Crippen molar-refractivity contribution in [1.82, 2.24) is 24.3 Å². The van der Waals surface area contributed by atoms with Gasteiger partial charge in [0, 0.05) is 11.8 Å². The van der Waals surface area contributed by atoms with E-state index in [1.807, 2.05) is 12.1 Å². The van der Waals surface area contributed by atoms with Crippen molar-refractivity contribution in [1.29, 1.82) is 5.26 Å². The normalized spacial score (nSPS) is 14.0. The minimum Gasteiger partial charge on any atom is -0.484 e. The zero-order chi connectivity index (χ0) is 22.4. The molecule has 8 nitrogen and oxygen atoms in total. The molecule has 1 fully saturated rings. The Morgan fingerprint density at radius 1 is 1.28 bits per heavy atom. The maximum absolute atomic E-state index is 13.7. The summed E-state index contributed by atoms with van der Waals surface area (Å²) in [6, 6.07) is 9.89. The lowest BCUT2D eigenvalue weighted by Crippen LogP contribution is -2.38. The highest BCUT2D eigenvalue weighted by atomic mass is 79.9. The Balaban J connectivity index is 1.61. The van der Waals surface area contributed by atoms with Crippen molar-refractivity contribution in [3.05, 3.63) is 58.1 Å². The second-order valence-corrected chi connectivity index (χ2v) is 8.10. The fraction of sp³-hybridized carbons (Fsp3) is 0.238. The van der Waals surface area contributed by atoms with E-state index < -0.39 is 6.43 Å². The monoisotopic (exact) mass is 500 g/mol. The lowest BCUT2D eigenvalue weighted by Gasteiger charge is -2.27. The Hall–Kier alpha value is -3.36. The summed E-state index contributed by atoms with van der Waals surface area (Å²) in [6.07, 6.45) is -1.19. The molecule has 1 aliphatic heterocycles. The van der Waals surface area contributed by atoms with E-state index in [1.54, 1.807) is 23.9 Å². The van der Waals surface area contributed by atoms with Crippen LogP contribution in [0.4, 0.5) is 8.78 Å². The van der Waals surface area contributed by atoms with E-state index in [4.69, 9.17) is 14.7 Å². The Labute approximate surface area is 189 Å². The van der Waals surface area contributed by atoms with Gasteiger partial charge in [0.15, 0.2) is 11.5 Å². The average Bonchev–Trinajstić information content (AvgIpc) is 3.32. The van der Waals surface area contributed by atoms with Crippen molar-refractivity contribution >= 4 is 27.0 Å². The van der Waals surface area contributed by atoms with E-state index in [2.05, 4.69) is 31.0 Å². The van der Waals surface area contributed by atoms with Crippen molar-refractivity contribution in [3.8, 4) is 23.5 Å². The molecule has 0 unspecified atom stereocenters. The number of nitriles is 1. The number of aromatic nitrogens is 5. The Bertz CT molecular complexity index is 1370. The summed E-state index contributed by atoms with van der Waals surface area (Å²) in [5, 5.41) is 13.2. The first-order valence-electron chi connectivity index (χ1n) is 9.62. The van der Waals surface area contributed by atoms with E-state index in [9.17, 15) is 8.78 Å². The molecule has 1 saturated heterocycles. The van der Waals surface area contributed by atoms with Gasteiger partial charge in [-0.05, 0) is 47.1 Å². The van der Waals surface area contributed by atoms with E-state index in [1.165, 1.54) is 22.9 Å². The van der Waals surface area contributed by atoms with Gasteiger partial charge in [-0.1, -0.05) is 0 Å². The third-order valence-corrected chi connectivity index (χ3v) is 5.70. The number of aryl methyl sites for hydroxylation is 1. The standard InChI is InChI=1S/C21H15BrF2N6O2/c1-11-4-12(7-25)28-30(11)21-14(20(23)24)2-3-19(27-21)29-10-26-16-6-18(15(22)5-17(16)29)32-13-8-31-9-13/h2-6,10,13,20H,8-9H2,1H3. The third kappa shape index (κ3) is 3.51. The van der Waals surface area contributed by atoms with Gasteiger partial charge in [0.05, 0.1) is 34.3 Å². The molecule has 1 aliphatic rings. The smallest absolute Gasteiger partial charge is 0.267 e. The number of fused-ring (bicyclic) bond motifs is 1. The first kappa shape index (κ1) is 20.5. The summed E-state index contributed by atoms with van der Waals surface area (Å²) >= 11 is 3.52. The maximum Gasteiger partial charge on any atom is 0.267 e. The predicted molar refractivity (Wildman–Crippen MR) is 113 cm³/mol. The minimum atomic E-state index is -2.76. The molecule has 0 aliphatic carbocycles. The van der Waals surface area contributed by atoms with Gasteiger partial charge >= 0.3 is 0 Å². The van der Waals surface area contributed by atoms with Crippen LogP contribution in [0.1, 0.15) is 23.4 Å². The van der Waals surface area contributed by atoms with Crippen molar-refractivity contribution in [3.63, 3.8) is 0 Å². The highest BCUT2D eigenvalue weighted by molar-refractivity contribution is 9.10. The van der Waals surface area contributed by atoms with Crippen LogP contribution in [0.25, 0.3) is 22.7 Å². The zero-order valence-corrected chi connectivity index (χ0v) is 18.3. The summed E-state index contributed by atoms with van der Waals surface area (Å²) in [6.45, 7) is 2.76. The number of rotatable bonds is 5. The number of alkyl halides is 2. The van der Waals surface area contributed by atoms with Crippen molar-refractivity contribution in [2.24, 2.45) is 0 Å². The van der Waals surface area contributed by atoms with Gasteiger partial charge in [0.2, 0.25) is 0 Å². The summed E-state index contributed by atoms with van der Waals surface area (Å²) < 4.78 is 42.1. The van der Waals surface area contributed by atoms with Crippen LogP contribution in [0, 0.1) is 18.3 Å². The van der Waals surface area contributed by atoms with Crippen LogP contribution < -0.4 is 4.74 Å². The van der Waals surface area contributed by atoms with E-state index in [0.717, 1.165) is 4.47 Å². The van der Waals surface area contributed by atoms with Crippen LogP contribution in [-0.2, 0) is 4.74 Å². The van der Waals surface area contributed by atoms with Crippen LogP contribution in [0.2, 0.25) is 0 Å². The molecule has 1 aromatic carbocycles. The van der Waals surface area contributed by atoms with Crippen LogP contribution >= 0.6 is 15.9 Å². The molecule has 32 heavy (non-hydrogen) atoms. The molecule has 0 radical (unpaired) electrons. The van der Waals surface area contributed by atoms with Gasteiger partial charge in [-0.25, -0.2) is 23.4 Å². The summed E-state index contributed by atoms with van der Waals surface area (Å²) in [5.74, 6) is 0.990. The number of imidazole rings is 1. The Kier molecular flexibility index (Phi) is 5.11. The third-order valence-electron chi connectivity index (χ3n) is 5.08. The molecule has 0 N–H and O–H groups in total. The van der Waals surface area contributed by atoms with Gasteiger partial charge in [-0.3, -0.25) is 4.57 Å². The zero-order valence-electron chi connectivity index (χ0n) is 16.7.